The zero-order valence-electron chi connectivity index (χ0n) is 12.4. The van der Waals surface area contributed by atoms with Crippen molar-refractivity contribution in [3.63, 3.8) is 0 Å². The number of fused-ring (bicyclic) bond motifs is 3. The lowest BCUT2D eigenvalue weighted by atomic mass is 9.57. The Hall–Kier alpha value is -1.83. The molecule has 3 rings (SSSR count). The van der Waals surface area contributed by atoms with Gasteiger partial charge in [-0.2, -0.15) is 0 Å². The Bertz CT molecular complexity index is 724. The standard InChI is InChI=1S/C18H20O2/c1-17(2)10-14-11-7-5-6-8-12(11)15(19)9-13(14)16(20)18(17,3)4/h5-9,19H,10H2,1-4H3. The normalized spacial score (nSPS) is 19.9. The van der Waals surface area contributed by atoms with Crippen LogP contribution in [-0.4, -0.2) is 10.9 Å². The smallest absolute Gasteiger partial charge is 0.169 e. The van der Waals surface area contributed by atoms with Crippen LogP contribution < -0.4 is 0 Å². The highest BCUT2D eigenvalue weighted by Crippen LogP contribution is 2.50. The van der Waals surface area contributed by atoms with Gasteiger partial charge in [0.15, 0.2) is 5.78 Å². The predicted molar refractivity (Wildman–Crippen MR) is 81.2 cm³/mol. The minimum atomic E-state index is -0.422. The number of carbonyl (C=O) groups is 1. The molecule has 0 heterocycles. The van der Waals surface area contributed by atoms with E-state index in [4.69, 9.17) is 0 Å². The average Bonchev–Trinajstić information content (AvgIpc) is 2.39. The van der Waals surface area contributed by atoms with Crippen LogP contribution in [-0.2, 0) is 6.42 Å². The number of hydrogen-bond donors (Lipinski definition) is 1. The lowest BCUT2D eigenvalue weighted by molar-refractivity contribution is 0.0533. The molecule has 2 aromatic carbocycles. The molecule has 1 aliphatic rings. The van der Waals surface area contributed by atoms with Gasteiger partial charge in [-0.3, -0.25) is 4.79 Å². The van der Waals surface area contributed by atoms with Crippen LogP contribution in [0.2, 0.25) is 0 Å². The van der Waals surface area contributed by atoms with E-state index in [9.17, 15) is 9.90 Å². The Morgan fingerprint density at radius 1 is 1.05 bits per heavy atom. The van der Waals surface area contributed by atoms with Gasteiger partial charge in [-0.15, -0.1) is 0 Å². The molecular formula is C18H20O2. The number of aromatic hydroxyl groups is 1. The molecule has 0 radical (unpaired) electrons. The van der Waals surface area contributed by atoms with Crippen LogP contribution in [0.3, 0.4) is 0 Å². The molecule has 20 heavy (non-hydrogen) atoms. The summed E-state index contributed by atoms with van der Waals surface area (Å²) in [6, 6.07) is 9.42. The minimum absolute atomic E-state index is 0.100. The van der Waals surface area contributed by atoms with Gasteiger partial charge in [0, 0.05) is 16.4 Å². The van der Waals surface area contributed by atoms with Gasteiger partial charge in [-0.05, 0) is 28.9 Å². The summed E-state index contributed by atoms with van der Waals surface area (Å²) in [5.41, 5.74) is 1.24. The minimum Gasteiger partial charge on any atom is -0.507 e. The van der Waals surface area contributed by atoms with Crippen LogP contribution in [0.5, 0.6) is 5.75 Å². The van der Waals surface area contributed by atoms with Crippen LogP contribution in [0.4, 0.5) is 0 Å². The Morgan fingerprint density at radius 3 is 2.30 bits per heavy atom. The molecule has 0 saturated heterocycles. The monoisotopic (exact) mass is 268 g/mol. The van der Waals surface area contributed by atoms with Crippen molar-refractivity contribution in [1.29, 1.82) is 0 Å². The van der Waals surface area contributed by atoms with E-state index in [0.29, 0.717) is 5.56 Å². The largest absolute Gasteiger partial charge is 0.507 e. The first-order valence-corrected chi connectivity index (χ1v) is 7.04. The zero-order chi connectivity index (χ0) is 14.7. The molecule has 0 saturated carbocycles. The Kier molecular flexibility index (Phi) is 2.53. The third kappa shape index (κ3) is 1.54. The van der Waals surface area contributed by atoms with E-state index in [0.717, 1.165) is 22.8 Å². The molecule has 0 atom stereocenters. The second-order valence-electron chi connectivity index (χ2n) is 6.98. The molecule has 2 nitrogen and oxygen atoms in total. The molecule has 1 N–H and O–H groups in total. The van der Waals surface area contributed by atoms with Gasteiger partial charge in [-0.1, -0.05) is 52.0 Å². The Morgan fingerprint density at radius 2 is 1.65 bits per heavy atom. The van der Waals surface area contributed by atoms with Crippen LogP contribution in [0, 0.1) is 10.8 Å². The topological polar surface area (TPSA) is 37.3 Å². The van der Waals surface area contributed by atoms with E-state index in [1.165, 1.54) is 0 Å². The number of benzene rings is 2. The number of Topliss-reactive ketones (excluding diaryl/α,β-unsaturated/α-hetero) is 1. The summed E-state index contributed by atoms with van der Waals surface area (Å²) in [7, 11) is 0. The van der Waals surface area contributed by atoms with Gasteiger partial charge < -0.3 is 5.11 Å². The molecule has 0 unspecified atom stereocenters. The second-order valence-corrected chi connectivity index (χ2v) is 6.98. The maximum absolute atomic E-state index is 12.8. The van der Waals surface area contributed by atoms with Crippen molar-refractivity contribution in [2.24, 2.45) is 10.8 Å². The van der Waals surface area contributed by atoms with Crippen LogP contribution in [0.1, 0.15) is 43.6 Å². The van der Waals surface area contributed by atoms with Crippen LogP contribution >= 0.6 is 0 Å². The predicted octanol–water partition coefficient (Wildman–Crippen LogP) is 4.34. The first kappa shape index (κ1) is 13.2. The summed E-state index contributed by atoms with van der Waals surface area (Å²) >= 11 is 0. The molecule has 0 fully saturated rings. The van der Waals surface area contributed by atoms with Gasteiger partial charge in [0.1, 0.15) is 5.75 Å². The van der Waals surface area contributed by atoms with E-state index in [1.54, 1.807) is 6.07 Å². The first-order valence-electron chi connectivity index (χ1n) is 7.04. The van der Waals surface area contributed by atoms with Crippen LogP contribution in [0.25, 0.3) is 10.8 Å². The van der Waals surface area contributed by atoms with E-state index < -0.39 is 5.41 Å². The van der Waals surface area contributed by atoms with Gasteiger partial charge in [0.2, 0.25) is 0 Å². The molecule has 2 aromatic rings. The maximum Gasteiger partial charge on any atom is 0.169 e. The maximum atomic E-state index is 12.8. The molecule has 1 aliphatic carbocycles. The molecule has 0 bridgehead atoms. The van der Waals surface area contributed by atoms with Gasteiger partial charge in [0.25, 0.3) is 0 Å². The van der Waals surface area contributed by atoms with Crippen molar-refractivity contribution in [1.82, 2.24) is 0 Å². The van der Waals surface area contributed by atoms with Crippen molar-refractivity contribution < 1.29 is 9.90 Å². The molecule has 2 heteroatoms. The highest BCUT2D eigenvalue weighted by Gasteiger charge is 2.48. The molecule has 0 amide bonds. The van der Waals surface area contributed by atoms with Crippen LogP contribution in [0.15, 0.2) is 30.3 Å². The fraction of sp³-hybridized carbons (Fsp3) is 0.389. The first-order chi connectivity index (χ1) is 9.25. The summed E-state index contributed by atoms with van der Waals surface area (Å²) in [6.45, 7) is 8.31. The van der Waals surface area contributed by atoms with Crippen molar-refractivity contribution >= 4 is 16.6 Å². The zero-order valence-corrected chi connectivity index (χ0v) is 12.4. The number of phenols is 1. The second kappa shape index (κ2) is 3.85. The number of ketones is 1. The number of rotatable bonds is 0. The fourth-order valence-electron chi connectivity index (χ4n) is 3.12. The molecule has 0 aromatic heterocycles. The van der Waals surface area contributed by atoms with Crippen molar-refractivity contribution in [2.75, 3.05) is 0 Å². The molecule has 0 aliphatic heterocycles. The molecule has 104 valence electrons. The van der Waals surface area contributed by atoms with Crippen molar-refractivity contribution in [3.05, 3.63) is 41.5 Å². The van der Waals surface area contributed by atoms with E-state index in [-0.39, 0.29) is 16.9 Å². The van der Waals surface area contributed by atoms with Gasteiger partial charge >= 0.3 is 0 Å². The summed E-state index contributed by atoms with van der Waals surface area (Å²) in [5.74, 6) is 0.327. The Balaban J connectivity index is 2.39. The SMILES string of the molecule is CC1(C)Cc2c(cc(O)c3ccccc23)C(=O)C1(C)C. The third-order valence-corrected chi connectivity index (χ3v) is 5.26. The number of hydrogen-bond acceptors (Lipinski definition) is 2. The quantitative estimate of drug-likeness (QED) is 0.772. The van der Waals surface area contributed by atoms with E-state index in [2.05, 4.69) is 13.8 Å². The van der Waals surface area contributed by atoms with E-state index >= 15 is 0 Å². The molecular weight excluding hydrogens is 248 g/mol. The third-order valence-electron chi connectivity index (χ3n) is 5.26. The lowest BCUT2D eigenvalue weighted by Crippen LogP contribution is -2.45. The summed E-state index contributed by atoms with van der Waals surface area (Å²) in [4.78, 5) is 12.8. The lowest BCUT2D eigenvalue weighted by Gasteiger charge is -2.45. The van der Waals surface area contributed by atoms with Gasteiger partial charge in [0.05, 0.1) is 0 Å². The molecule has 0 spiro atoms. The van der Waals surface area contributed by atoms with E-state index in [1.807, 2.05) is 38.1 Å². The average molecular weight is 268 g/mol. The summed E-state index contributed by atoms with van der Waals surface area (Å²) in [5, 5.41) is 12.0. The number of carbonyl (C=O) groups excluding carboxylic acids is 1. The highest BCUT2D eigenvalue weighted by molar-refractivity contribution is 6.08. The van der Waals surface area contributed by atoms with Crippen molar-refractivity contribution in [3.8, 4) is 5.75 Å². The fourth-order valence-corrected chi connectivity index (χ4v) is 3.12. The number of phenolic OH excluding ortho intramolecular Hbond substituents is 1. The summed E-state index contributed by atoms with van der Waals surface area (Å²) < 4.78 is 0. The van der Waals surface area contributed by atoms with Gasteiger partial charge in [-0.25, -0.2) is 0 Å². The summed E-state index contributed by atoms with van der Waals surface area (Å²) in [6.07, 6.45) is 0.849. The Labute approximate surface area is 119 Å². The highest BCUT2D eigenvalue weighted by atomic mass is 16.3. The van der Waals surface area contributed by atoms with Crippen molar-refractivity contribution in [2.45, 2.75) is 34.1 Å².